The van der Waals surface area contributed by atoms with Gasteiger partial charge in [0, 0.05) is 11.0 Å². The Kier molecular flexibility index (Phi) is 5.93. The number of hydrogen-bond donors (Lipinski definition) is 2. The second-order valence-corrected chi connectivity index (χ2v) is 5.44. The van der Waals surface area contributed by atoms with Crippen LogP contribution in [0.1, 0.15) is 19.4 Å². The highest BCUT2D eigenvalue weighted by molar-refractivity contribution is 9.10. The van der Waals surface area contributed by atoms with Gasteiger partial charge in [0.25, 0.3) is 0 Å². The van der Waals surface area contributed by atoms with Crippen LogP contribution in [0.4, 0.5) is 0 Å². The Bertz CT molecular complexity index is 420. The summed E-state index contributed by atoms with van der Waals surface area (Å²) in [6.45, 7) is 3.75. The van der Waals surface area contributed by atoms with Gasteiger partial charge in [-0.1, -0.05) is 28.1 Å². The molecule has 1 rings (SSSR count). The molecule has 0 aromatic heterocycles. The van der Waals surface area contributed by atoms with Crippen LogP contribution in [0.25, 0.3) is 0 Å². The summed E-state index contributed by atoms with van der Waals surface area (Å²) in [6, 6.07) is 7.66. The van der Waals surface area contributed by atoms with E-state index in [-0.39, 0.29) is 13.2 Å². The Labute approximate surface area is 121 Å². The van der Waals surface area contributed by atoms with E-state index in [0.29, 0.717) is 6.54 Å². The first-order valence-electron chi connectivity index (χ1n) is 5.99. The number of halogens is 1. The molecule has 0 aliphatic heterocycles. The minimum atomic E-state index is -1.61. The Balaban J connectivity index is 2.56. The number of nitrogens with two attached hydrogens (primary N) is 1. The van der Waals surface area contributed by atoms with E-state index in [0.717, 1.165) is 10.0 Å². The third kappa shape index (κ3) is 5.28. The average molecular weight is 331 g/mol. The molecule has 5 nitrogen and oxygen atoms in total. The van der Waals surface area contributed by atoms with Gasteiger partial charge in [0.2, 0.25) is 0 Å². The summed E-state index contributed by atoms with van der Waals surface area (Å²) in [4.78, 5) is 11.5. The number of benzene rings is 1. The number of hydrogen-bond acceptors (Lipinski definition) is 5. The van der Waals surface area contributed by atoms with E-state index < -0.39 is 11.6 Å². The van der Waals surface area contributed by atoms with E-state index in [9.17, 15) is 9.90 Å². The van der Waals surface area contributed by atoms with Gasteiger partial charge in [-0.15, -0.1) is 0 Å². The highest BCUT2D eigenvalue weighted by Gasteiger charge is 2.33. The van der Waals surface area contributed by atoms with Gasteiger partial charge in [0.05, 0.1) is 13.2 Å². The van der Waals surface area contributed by atoms with Crippen molar-refractivity contribution in [2.75, 3.05) is 13.2 Å². The number of ether oxygens (including phenoxy) is 1. The molecule has 0 aliphatic carbocycles. The largest absolute Gasteiger partial charge is 0.464 e. The van der Waals surface area contributed by atoms with Crippen LogP contribution in [0.3, 0.4) is 0 Å². The predicted octanol–water partition coefficient (Wildman–Crippen LogP) is 1.44. The molecular formula is C13H19BrN2O3. The molecule has 0 fully saturated rings. The molecule has 0 amide bonds. The normalized spacial score (nSPS) is 14.2. The van der Waals surface area contributed by atoms with Gasteiger partial charge in [-0.3, -0.25) is 5.84 Å². The van der Waals surface area contributed by atoms with E-state index in [4.69, 9.17) is 10.6 Å². The smallest absolute Gasteiger partial charge is 0.339 e. The van der Waals surface area contributed by atoms with Crippen LogP contribution in [-0.2, 0) is 16.1 Å². The van der Waals surface area contributed by atoms with Gasteiger partial charge in [-0.05, 0) is 31.5 Å². The van der Waals surface area contributed by atoms with Crippen molar-refractivity contribution < 1.29 is 14.6 Å². The van der Waals surface area contributed by atoms with Crippen LogP contribution in [0.2, 0.25) is 0 Å². The Morgan fingerprint density at radius 3 is 2.58 bits per heavy atom. The van der Waals surface area contributed by atoms with E-state index in [1.807, 2.05) is 24.3 Å². The number of hydrazine groups is 1. The number of carbonyl (C=O) groups is 1. The number of aliphatic hydroxyl groups is 1. The van der Waals surface area contributed by atoms with Crippen molar-refractivity contribution in [3.8, 4) is 0 Å². The van der Waals surface area contributed by atoms with Crippen LogP contribution < -0.4 is 5.84 Å². The summed E-state index contributed by atoms with van der Waals surface area (Å²) in [5.74, 6) is 5.15. The lowest BCUT2D eigenvalue weighted by molar-refractivity contribution is -0.165. The quantitative estimate of drug-likeness (QED) is 0.469. The maximum atomic E-state index is 11.5. The molecule has 1 atom stereocenters. The van der Waals surface area contributed by atoms with E-state index >= 15 is 0 Å². The number of nitrogens with zero attached hydrogens (tertiary/aromatic N) is 1. The SMILES string of the molecule is CCOC(=O)C(C)(O)CN(N)Cc1ccc(Br)cc1. The molecule has 1 aromatic carbocycles. The van der Waals surface area contributed by atoms with Crippen molar-refractivity contribution in [2.45, 2.75) is 26.0 Å². The van der Waals surface area contributed by atoms with Crippen LogP contribution in [0.15, 0.2) is 28.7 Å². The molecule has 0 saturated heterocycles. The molecule has 0 heterocycles. The maximum absolute atomic E-state index is 11.5. The molecule has 106 valence electrons. The minimum absolute atomic E-state index is 0.00188. The fraction of sp³-hybridized carbons (Fsp3) is 0.462. The van der Waals surface area contributed by atoms with Gasteiger partial charge in [-0.2, -0.15) is 0 Å². The van der Waals surface area contributed by atoms with E-state index in [1.165, 1.54) is 11.9 Å². The molecule has 0 radical (unpaired) electrons. The van der Waals surface area contributed by atoms with Crippen molar-refractivity contribution >= 4 is 21.9 Å². The highest BCUT2D eigenvalue weighted by Crippen LogP contribution is 2.13. The Morgan fingerprint density at radius 1 is 1.47 bits per heavy atom. The Hall–Kier alpha value is -0.950. The average Bonchev–Trinajstić information content (AvgIpc) is 2.31. The summed E-state index contributed by atoms with van der Waals surface area (Å²) in [6.07, 6.45) is 0. The molecule has 0 saturated carbocycles. The summed E-state index contributed by atoms with van der Waals surface area (Å²) >= 11 is 3.35. The molecule has 0 spiro atoms. The zero-order chi connectivity index (χ0) is 14.5. The molecule has 19 heavy (non-hydrogen) atoms. The van der Waals surface area contributed by atoms with Crippen molar-refractivity contribution in [1.29, 1.82) is 0 Å². The van der Waals surface area contributed by atoms with Crippen LogP contribution in [0.5, 0.6) is 0 Å². The van der Waals surface area contributed by atoms with Crippen molar-refractivity contribution in [3.63, 3.8) is 0 Å². The number of esters is 1. The first kappa shape index (κ1) is 16.1. The van der Waals surface area contributed by atoms with E-state index in [1.54, 1.807) is 6.92 Å². The molecule has 0 aliphatic rings. The van der Waals surface area contributed by atoms with Gasteiger partial charge < -0.3 is 9.84 Å². The fourth-order valence-corrected chi connectivity index (χ4v) is 1.89. The molecular weight excluding hydrogens is 312 g/mol. The topological polar surface area (TPSA) is 75.8 Å². The summed E-state index contributed by atoms with van der Waals surface area (Å²) in [7, 11) is 0. The first-order valence-corrected chi connectivity index (χ1v) is 6.78. The first-order chi connectivity index (χ1) is 8.85. The number of carbonyl (C=O) groups excluding carboxylic acids is 1. The molecule has 1 aromatic rings. The van der Waals surface area contributed by atoms with Crippen LogP contribution in [-0.4, -0.2) is 34.8 Å². The lowest BCUT2D eigenvalue weighted by atomic mass is 10.1. The zero-order valence-electron chi connectivity index (χ0n) is 11.1. The second-order valence-electron chi connectivity index (χ2n) is 4.53. The van der Waals surface area contributed by atoms with Crippen molar-refractivity contribution in [2.24, 2.45) is 5.84 Å². The van der Waals surface area contributed by atoms with Crippen LogP contribution in [0, 0.1) is 0 Å². The molecule has 0 bridgehead atoms. The fourth-order valence-electron chi connectivity index (χ4n) is 1.63. The highest BCUT2D eigenvalue weighted by atomic mass is 79.9. The third-order valence-electron chi connectivity index (χ3n) is 2.53. The lowest BCUT2D eigenvalue weighted by Gasteiger charge is -2.26. The standard InChI is InChI=1S/C13H19BrN2O3/c1-3-19-12(17)13(2,18)9-16(15)8-10-4-6-11(14)7-5-10/h4-7,18H,3,8-9,15H2,1-2H3. The second kappa shape index (κ2) is 7.00. The van der Waals surface area contributed by atoms with Crippen molar-refractivity contribution in [1.82, 2.24) is 5.01 Å². The van der Waals surface area contributed by atoms with Gasteiger partial charge >= 0.3 is 5.97 Å². The maximum Gasteiger partial charge on any atom is 0.339 e. The summed E-state index contributed by atoms with van der Waals surface area (Å²) in [5.41, 5.74) is -0.620. The minimum Gasteiger partial charge on any atom is -0.464 e. The van der Waals surface area contributed by atoms with Crippen molar-refractivity contribution in [3.05, 3.63) is 34.3 Å². The van der Waals surface area contributed by atoms with Crippen LogP contribution >= 0.6 is 15.9 Å². The lowest BCUT2D eigenvalue weighted by Crippen LogP contribution is -2.49. The molecule has 6 heteroatoms. The zero-order valence-corrected chi connectivity index (χ0v) is 12.7. The third-order valence-corrected chi connectivity index (χ3v) is 3.05. The van der Waals surface area contributed by atoms with Gasteiger partial charge in [0.1, 0.15) is 0 Å². The monoisotopic (exact) mass is 330 g/mol. The Morgan fingerprint density at radius 2 is 2.05 bits per heavy atom. The van der Waals surface area contributed by atoms with Gasteiger partial charge in [0.15, 0.2) is 5.60 Å². The molecule has 3 N–H and O–H groups in total. The predicted molar refractivity (Wildman–Crippen MR) is 76.0 cm³/mol. The van der Waals surface area contributed by atoms with E-state index in [2.05, 4.69) is 15.9 Å². The summed E-state index contributed by atoms with van der Waals surface area (Å²) in [5, 5.41) is 11.4. The number of rotatable bonds is 6. The van der Waals surface area contributed by atoms with Gasteiger partial charge in [-0.25, -0.2) is 9.80 Å². The summed E-state index contributed by atoms with van der Waals surface area (Å²) < 4.78 is 5.78. The molecule has 1 unspecified atom stereocenters.